The number of urea groups is 1. The third-order valence-electron chi connectivity index (χ3n) is 4.73. The molecule has 1 aliphatic rings. The van der Waals surface area contributed by atoms with Crippen molar-refractivity contribution in [3.05, 3.63) is 36.4 Å². The normalized spacial score (nSPS) is 17.0. The van der Waals surface area contributed by atoms with Gasteiger partial charge in [0.15, 0.2) is 5.65 Å². The quantitative estimate of drug-likeness (QED) is 0.737. The molecule has 2 N–H and O–H groups in total. The summed E-state index contributed by atoms with van der Waals surface area (Å²) in [5, 5.41) is 15.3. The molecule has 1 aliphatic heterocycles. The minimum absolute atomic E-state index is 0.0905. The molecule has 0 aromatic carbocycles. The van der Waals surface area contributed by atoms with Gasteiger partial charge in [0.2, 0.25) is 0 Å². The average Bonchev–Trinajstić information content (AvgIpc) is 3.34. The number of hydrogen-bond donors (Lipinski definition) is 2. The van der Waals surface area contributed by atoms with Gasteiger partial charge in [-0.1, -0.05) is 13.8 Å². The zero-order valence-corrected chi connectivity index (χ0v) is 15.8. The molecule has 1 fully saturated rings. The molecule has 142 valence electrons. The van der Waals surface area contributed by atoms with Crippen LogP contribution >= 0.6 is 0 Å². The molecule has 0 radical (unpaired) electrons. The molecule has 0 spiro atoms. The number of hydrogen-bond acceptors (Lipinski definition) is 5. The first-order valence-electron chi connectivity index (χ1n) is 9.16. The molecule has 9 heteroatoms. The van der Waals surface area contributed by atoms with E-state index >= 15 is 0 Å². The zero-order chi connectivity index (χ0) is 19.0. The molecule has 4 heterocycles. The molecule has 9 nitrogen and oxygen atoms in total. The van der Waals surface area contributed by atoms with Gasteiger partial charge in [-0.15, -0.1) is 5.10 Å². The van der Waals surface area contributed by atoms with Crippen LogP contribution in [-0.2, 0) is 7.05 Å². The Hall–Kier alpha value is -3.10. The van der Waals surface area contributed by atoms with Crippen molar-refractivity contribution >= 4 is 23.2 Å². The molecule has 4 rings (SSSR count). The van der Waals surface area contributed by atoms with Gasteiger partial charge in [0.1, 0.15) is 5.82 Å². The van der Waals surface area contributed by atoms with E-state index in [1.165, 1.54) is 0 Å². The smallest absolute Gasteiger partial charge is 0.322 e. The Morgan fingerprint density at radius 1 is 1.30 bits per heavy atom. The number of amides is 2. The number of rotatable bonds is 4. The van der Waals surface area contributed by atoms with E-state index in [0.29, 0.717) is 13.1 Å². The van der Waals surface area contributed by atoms with Gasteiger partial charge >= 0.3 is 6.03 Å². The maximum Gasteiger partial charge on any atom is 0.322 e. The lowest BCUT2D eigenvalue weighted by atomic mass is 10.1. The number of aryl methyl sites for hydroxylation is 1. The van der Waals surface area contributed by atoms with Crippen LogP contribution in [0.4, 0.5) is 16.3 Å². The van der Waals surface area contributed by atoms with E-state index in [1.54, 1.807) is 15.4 Å². The lowest BCUT2D eigenvalue weighted by molar-refractivity contribution is 0.222. The first-order valence-corrected chi connectivity index (χ1v) is 9.16. The number of likely N-dealkylation sites (tertiary alicyclic amines) is 1. The van der Waals surface area contributed by atoms with Crippen molar-refractivity contribution < 1.29 is 4.79 Å². The van der Waals surface area contributed by atoms with Crippen LogP contribution < -0.4 is 10.6 Å². The number of carbonyl (C=O) groups is 1. The number of imidazole rings is 1. The fourth-order valence-corrected chi connectivity index (χ4v) is 3.39. The van der Waals surface area contributed by atoms with Crippen molar-refractivity contribution in [3.8, 4) is 0 Å². The molecule has 3 aromatic rings. The number of fused-ring (bicyclic) bond motifs is 1. The molecular weight excluding hydrogens is 344 g/mol. The van der Waals surface area contributed by atoms with Crippen molar-refractivity contribution in [2.75, 3.05) is 23.7 Å². The summed E-state index contributed by atoms with van der Waals surface area (Å²) in [6.45, 7) is 5.47. The van der Waals surface area contributed by atoms with Crippen LogP contribution in [0.5, 0.6) is 0 Å². The summed E-state index contributed by atoms with van der Waals surface area (Å²) in [5.41, 5.74) is 2.49. The van der Waals surface area contributed by atoms with Gasteiger partial charge in [-0.2, -0.15) is 5.10 Å². The molecule has 0 bridgehead atoms. The van der Waals surface area contributed by atoms with Crippen LogP contribution in [-0.4, -0.2) is 54.4 Å². The van der Waals surface area contributed by atoms with Crippen LogP contribution in [0.25, 0.3) is 5.65 Å². The van der Waals surface area contributed by atoms with Crippen molar-refractivity contribution in [2.24, 2.45) is 7.05 Å². The topological polar surface area (TPSA) is 92.4 Å². The van der Waals surface area contributed by atoms with Gasteiger partial charge in [0.05, 0.1) is 11.4 Å². The third-order valence-corrected chi connectivity index (χ3v) is 4.73. The largest absolute Gasteiger partial charge is 0.364 e. The Morgan fingerprint density at radius 2 is 2.15 bits per heavy atom. The third kappa shape index (κ3) is 3.57. The Morgan fingerprint density at radius 3 is 2.96 bits per heavy atom. The van der Waals surface area contributed by atoms with Gasteiger partial charge in [0.25, 0.3) is 0 Å². The monoisotopic (exact) mass is 368 g/mol. The molecule has 1 saturated heterocycles. The number of aromatic nitrogens is 5. The van der Waals surface area contributed by atoms with E-state index in [9.17, 15) is 4.79 Å². The summed E-state index contributed by atoms with van der Waals surface area (Å²) in [7, 11) is 1.86. The van der Waals surface area contributed by atoms with Crippen LogP contribution in [0, 0.1) is 0 Å². The van der Waals surface area contributed by atoms with E-state index in [0.717, 1.165) is 29.3 Å². The molecule has 2 amide bonds. The second kappa shape index (κ2) is 6.90. The number of nitrogens with one attached hydrogen (secondary N) is 2. The van der Waals surface area contributed by atoms with Crippen LogP contribution in [0.1, 0.15) is 31.9 Å². The highest BCUT2D eigenvalue weighted by Crippen LogP contribution is 2.23. The van der Waals surface area contributed by atoms with Crippen LogP contribution in [0.15, 0.2) is 30.7 Å². The highest BCUT2D eigenvalue weighted by atomic mass is 16.2. The van der Waals surface area contributed by atoms with Crippen molar-refractivity contribution in [1.29, 1.82) is 0 Å². The molecule has 0 aliphatic carbocycles. The lowest BCUT2D eigenvalue weighted by Crippen LogP contribution is -2.35. The maximum atomic E-state index is 12.7. The van der Waals surface area contributed by atoms with Crippen LogP contribution in [0.3, 0.4) is 0 Å². The Labute approximate surface area is 157 Å². The molecule has 3 aromatic heterocycles. The minimum atomic E-state index is -0.0905. The summed E-state index contributed by atoms with van der Waals surface area (Å²) in [6.07, 6.45) is 6.26. The van der Waals surface area contributed by atoms with E-state index in [-0.39, 0.29) is 18.0 Å². The van der Waals surface area contributed by atoms with Gasteiger partial charge in [-0.3, -0.25) is 4.68 Å². The van der Waals surface area contributed by atoms with E-state index in [4.69, 9.17) is 0 Å². The highest BCUT2D eigenvalue weighted by molar-refractivity contribution is 5.90. The number of anilines is 2. The predicted molar refractivity (Wildman–Crippen MR) is 103 cm³/mol. The van der Waals surface area contributed by atoms with Crippen molar-refractivity contribution in [1.82, 2.24) is 29.3 Å². The Kier molecular flexibility index (Phi) is 4.43. The summed E-state index contributed by atoms with van der Waals surface area (Å²) < 4.78 is 3.47. The van der Waals surface area contributed by atoms with E-state index in [2.05, 4.69) is 39.7 Å². The Bertz CT molecular complexity index is 959. The second-order valence-corrected chi connectivity index (χ2v) is 7.21. The zero-order valence-electron chi connectivity index (χ0n) is 15.8. The highest BCUT2D eigenvalue weighted by Gasteiger charge is 2.27. The fourth-order valence-electron chi connectivity index (χ4n) is 3.39. The van der Waals surface area contributed by atoms with Gasteiger partial charge < -0.3 is 15.5 Å². The number of nitrogens with zero attached hydrogens (tertiary/aromatic N) is 6. The van der Waals surface area contributed by atoms with Crippen molar-refractivity contribution in [2.45, 2.75) is 32.2 Å². The first-order chi connectivity index (χ1) is 13.0. The van der Waals surface area contributed by atoms with Crippen LogP contribution in [0.2, 0.25) is 0 Å². The van der Waals surface area contributed by atoms with Gasteiger partial charge in [-0.25, -0.2) is 14.3 Å². The average molecular weight is 368 g/mol. The summed E-state index contributed by atoms with van der Waals surface area (Å²) in [5.74, 6) is 1.03. The summed E-state index contributed by atoms with van der Waals surface area (Å²) >= 11 is 0. The summed E-state index contributed by atoms with van der Waals surface area (Å²) in [6, 6.07) is 3.91. The molecule has 0 saturated carbocycles. The first kappa shape index (κ1) is 17.3. The fraction of sp³-hybridized carbons (Fsp3) is 0.444. The molecule has 1 atom stereocenters. The molecule has 27 heavy (non-hydrogen) atoms. The van der Waals surface area contributed by atoms with E-state index < -0.39 is 0 Å². The number of carbonyl (C=O) groups excluding carboxylic acids is 1. The molecular formula is C18H24N8O. The standard InChI is InChI=1S/C18H24N8O/c1-12(2)17-14(11-24(3)23-17)21-18(27)25-8-6-13(10-25)20-15-4-5-16-19-7-9-26(16)22-15/h4-5,7,9,11-13H,6,8,10H2,1-3H3,(H,20,22)(H,21,27)/t13-/m0/s1. The maximum absolute atomic E-state index is 12.7. The second-order valence-electron chi connectivity index (χ2n) is 7.21. The SMILES string of the molecule is CC(C)c1nn(C)cc1NC(=O)N1CC[C@H](Nc2ccc3nccn3n2)C1. The van der Waals surface area contributed by atoms with Gasteiger partial charge in [0, 0.05) is 44.8 Å². The van der Waals surface area contributed by atoms with Crippen molar-refractivity contribution in [3.63, 3.8) is 0 Å². The minimum Gasteiger partial charge on any atom is -0.364 e. The lowest BCUT2D eigenvalue weighted by Gasteiger charge is -2.18. The van der Waals surface area contributed by atoms with E-state index in [1.807, 2.05) is 36.5 Å². The summed E-state index contributed by atoms with van der Waals surface area (Å²) in [4.78, 5) is 18.7. The predicted octanol–water partition coefficient (Wildman–Crippen LogP) is 2.30. The van der Waals surface area contributed by atoms with Gasteiger partial charge in [-0.05, 0) is 24.5 Å². The Balaban J connectivity index is 1.38. The molecule has 0 unspecified atom stereocenters.